The molecule has 6 aliphatic rings. The Bertz CT molecular complexity index is 1910. The van der Waals surface area contributed by atoms with Crippen molar-refractivity contribution >= 4 is 52.0 Å². The monoisotopic (exact) mass is 740 g/mol. The van der Waals surface area contributed by atoms with Crippen LogP contribution in [-0.4, -0.2) is 78.8 Å². The number of nitrogens with zero attached hydrogens (tertiary/aromatic N) is 8. The normalized spacial score (nSPS) is 27.0. The van der Waals surface area contributed by atoms with Crippen molar-refractivity contribution in [2.75, 3.05) is 18.4 Å². The molecule has 2 aliphatic heterocycles. The standard InChI is InChI=1S/C20H28N6.C14H15ClN4.C6H14N2/c21-15-4-6-16(7-5-15)24-19-23-11-14-10-17-12-22-13-20(8-2-1-3-9-20)26(17)18(14)25-19;15-13-17-7-10-6-11-8-16-9-14(4-2-1-3-5-14)19(11)12(10)18-13;7-5-1-2-6(8)4-3-5/h10-12,15-16H,1-9,13,21H2,(H,23,24,25);6-8H,1-5,9H2;5-6H,1-4,7-8H2. The highest BCUT2D eigenvalue weighted by atomic mass is 35.5. The molecule has 0 bridgehead atoms. The Labute approximate surface area is 317 Å². The second-order valence-corrected chi connectivity index (χ2v) is 17.0. The number of aromatic nitrogens is 6. The van der Waals surface area contributed by atoms with Crippen LogP contribution in [0, 0.1) is 0 Å². The Kier molecular flexibility index (Phi) is 10.8. The summed E-state index contributed by atoms with van der Waals surface area (Å²) in [6.07, 6.45) is 29.2. The van der Waals surface area contributed by atoms with E-state index in [1.807, 2.05) is 18.6 Å². The molecule has 0 unspecified atom stereocenters. The minimum atomic E-state index is 0.113. The molecule has 4 aromatic rings. The minimum absolute atomic E-state index is 0.113. The Hall–Kier alpha value is -3.45. The van der Waals surface area contributed by atoms with Gasteiger partial charge in [0.05, 0.1) is 35.6 Å². The molecule has 0 saturated heterocycles. The van der Waals surface area contributed by atoms with Crippen LogP contribution in [0.15, 0.2) is 34.5 Å². The Morgan fingerprint density at radius 3 is 1.57 bits per heavy atom. The van der Waals surface area contributed by atoms with E-state index in [1.165, 1.54) is 69.9 Å². The fraction of sp³-hybridized carbons (Fsp3) is 0.650. The zero-order chi connectivity index (χ0) is 36.4. The Balaban J connectivity index is 0.000000129. The van der Waals surface area contributed by atoms with E-state index in [-0.39, 0.29) is 11.1 Å². The van der Waals surface area contributed by atoms with Gasteiger partial charge < -0.3 is 31.7 Å². The highest BCUT2D eigenvalue weighted by Gasteiger charge is 2.39. The van der Waals surface area contributed by atoms with Gasteiger partial charge in [-0.1, -0.05) is 38.5 Å². The first kappa shape index (κ1) is 36.5. The summed E-state index contributed by atoms with van der Waals surface area (Å²) in [5.41, 5.74) is 21.9. The van der Waals surface area contributed by atoms with Crippen molar-refractivity contribution in [2.45, 2.75) is 151 Å². The van der Waals surface area contributed by atoms with Gasteiger partial charge in [0.1, 0.15) is 11.3 Å². The van der Waals surface area contributed by atoms with Crippen LogP contribution in [-0.2, 0) is 11.1 Å². The lowest BCUT2D eigenvalue weighted by Crippen LogP contribution is -2.42. The topological polar surface area (TPSA) is 176 Å². The van der Waals surface area contributed by atoms with Gasteiger partial charge in [0.2, 0.25) is 11.2 Å². The van der Waals surface area contributed by atoms with E-state index in [1.54, 1.807) is 6.20 Å². The van der Waals surface area contributed by atoms with E-state index >= 15 is 0 Å². The van der Waals surface area contributed by atoms with Gasteiger partial charge >= 0.3 is 0 Å². The molecular weight excluding hydrogens is 684 g/mol. The third-order valence-corrected chi connectivity index (χ3v) is 12.9. The molecule has 12 nitrogen and oxygen atoms in total. The second kappa shape index (κ2) is 15.7. The van der Waals surface area contributed by atoms with Crippen molar-refractivity contribution in [1.29, 1.82) is 0 Å². The number of hydrogen-bond donors (Lipinski definition) is 4. The number of aliphatic imine (C=N–C) groups is 2. The fourth-order valence-corrected chi connectivity index (χ4v) is 9.92. The maximum absolute atomic E-state index is 6.03. The molecule has 4 aromatic heterocycles. The summed E-state index contributed by atoms with van der Waals surface area (Å²) in [6.45, 7) is 1.75. The summed E-state index contributed by atoms with van der Waals surface area (Å²) in [4.78, 5) is 27.4. The van der Waals surface area contributed by atoms with Crippen molar-refractivity contribution in [2.24, 2.45) is 27.2 Å². The number of fused-ring (bicyclic) bond motifs is 8. The minimum Gasteiger partial charge on any atom is -0.351 e. The molecule has 13 heteroatoms. The van der Waals surface area contributed by atoms with Crippen molar-refractivity contribution in [3.63, 3.8) is 0 Å². The van der Waals surface area contributed by atoms with Crippen LogP contribution < -0.4 is 22.5 Å². The molecule has 284 valence electrons. The maximum Gasteiger partial charge on any atom is 0.224 e. The zero-order valence-electron chi connectivity index (χ0n) is 31.1. The zero-order valence-corrected chi connectivity index (χ0v) is 31.9. The summed E-state index contributed by atoms with van der Waals surface area (Å²) < 4.78 is 4.83. The van der Waals surface area contributed by atoms with Gasteiger partial charge in [-0.15, -0.1) is 0 Å². The Morgan fingerprint density at radius 1 is 0.604 bits per heavy atom. The molecule has 7 N–H and O–H groups in total. The predicted octanol–water partition coefficient (Wildman–Crippen LogP) is 6.60. The third kappa shape index (κ3) is 7.74. The molecule has 0 aromatic carbocycles. The molecule has 0 amide bonds. The van der Waals surface area contributed by atoms with Crippen molar-refractivity contribution < 1.29 is 0 Å². The first-order chi connectivity index (χ1) is 25.8. The van der Waals surface area contributed by atoms with Gasteiger partial charge in [0.25, 0.3) is 0 Å². The lowest BCUT2D eigenvalue weighted by atomic mass is 9.80. The molecule has 2 spiro atoms. The molecule has 0 atom stereocenters. The van der Waals surface area contributed by atoms with Crippen LogP contribution in [0.5, 0.6) is 0 Å². The van der Waals surface area contributed by atoms with Crippen molar-refractivity contribution in [3.8, 4) is 0 Å². The van der Waals surface area contributed by atoms with Crippen LogP contribution in [0.3, 0.4) is 0 Å². The number of nitrogens with two attached hydrogens (primary N) is 3. The summed E-state index contributed by atoms with van der Waals surface area (Å²) in [7, 11) is 0. The van der Waals surface area contributed by atoms with Gasteiger partial charge in [-0.25, -0.2) is 9.97 Å². The second-order valence-electron chi connectivity index (χ2n) is 16.6. The van der Waals surface area contributed by atoms with Crippen molar-refractivity contribution in [3.05, 3.63) is 41.2 Å². The third-order valence-electron chi connectivity index (χ3n) is 12.8. The predicted molar refractivity (Wildman–Crippen MR) is 215 cm³/mol. The van der Waals surface area contributed by atoms with Crippen LogP contribution in [0.4, 0.5) is 5.95 Å². The van der Waals surface area contributed by atoms with Crippen LogP contribution in [0.1, 0.15) is 127 Å². The lowest BCUT2D eigenvalue weighted by Gasteiger charge is -2.40. The van der Waals surface area contributed by atoms with E-state index in [0.29, 0.717) is 29.5 Å². The highest BCUT2D eigenvalue weighted by Crippen LogP contribution is 2.42. The first-order valence-corrected chi connectivity index (χ1v) is 20.7. The van der Waals surface area contributed by atoms with E-state index in [0.717, 1.165) is 98.2 Å². The van der Waals surface area contributed by atoms with Gasteiger partial charge in [-0.3, -0.25) is 9.98 Å². The molecule has 6 heterocycles. The first-order valence-electron chi connectivity index (χ1n) is 20.3. The lowest BCUT2D eigenvalue weighted by molar-refractivity contribution is 0.204. The van der Waals surface area contributed by atoms with E-state index in [9.17, 15) is 0 Å². The van der Waals surface area contributed by atoms with Crippen LogP contribution >= 0.6 is 11.6 Å². The SMILES string of the molecule is Clc1ncc2cc3n(c2n1)C1(CCCCC1)CN=C3.NC1CCC(N)CC1.NC1CCC(Nc2ncc3cc4n(c3n2)C2(CCCCC2)CN=C4)CC1. The molecule has 4 aliphatic carbocycles. The molecule has 53 heavy (non-hydrogen) atoms. The summed E-state index contributed by atoms with van der Waals surface area (Å²) in [6, 6.07) is 5.99. The van der Waals surface area contributed by atoms with Gasteiger partial charge in [-0.05, 0) is 101 Å². The molecule has 4 saturated carbocycles. The van der Waals surface area contributed by atoms with Crippen LogP contribution in [0.25, 0.3) is 22.1 Å². The van der Waals surface area contributed by atoms with E-state index in [2.05, 4.69) is 46.5 Å². The smallest absolute Gasteiger partial charge is 0.224 e. The quantitative estimate of drug-likeness (QED) is 0.166. The number of nitrogens with one attached hydrogen (secondary N) is 1. The molecule has 10 rings (SSSR count). The van der Waals surface area contributed by atoms with E-state index < -0.39 is 0 Å². The number of hydrogen-bond acceptors (Lipinski definition) is 10. The number of halogens is 1. The average Bonchev–Trinajstić information content (AvgIpc) is 3.75. The number of anilines is 1. The molecule has 4 fully saturated rings. The highest BCUT2D eigenvalue weighted by molar-refractivity contribution is 6.28. The average molecular weight is 741 g/mol. The molecular formula is C40H57ClN12. The maximum atomic E-state index is 6.03. The van der Waals surface area contributed by atoms with Gasteiger partial charge in [0.15, 0.2) is 0 Å². The number of rotatable bonds is 2. The van der Waals surface area contributed by atoms with E-state index in [4.69, 9.17) is 38.8 Å². The van der Waals surface area contributed by atoms with Gasteiger partial charge in [-0.2, -0.15) is 9.97 Å². The Morgan fingerprint density at radius 2 is 1.06 bits per heavy atom. The largest absolute Gasteiger partial charge is 0.351 e. The fourth-order valence-electron chi connectivity index (χ4n) is 9.79. The summed E-state index contributed by atoms with van der Waals surface area (Å²) in [5, 5.41) is 6.05. The van der Waals surface area contributed by atoms with Crippen LogP contribution in [0.2, 0.25) is 5.28 Å². The summed E-state index contributed by atoms with van der Waals surface area (Å²) >= 11 is 5.98. The summed E-state index contributed by atoms with van der Waals surface area (Å²) in [5.74, 6) is 0.757. The van der Waals surface area contributed by atoms with Gasteiger partial charge in [0, 0.05) is 59.8 Å². The molecule has 0 radical (unpaired) electrons. The van der Waals surface area contributed by atoms with Crippen molar-refractivity contribution in [1.82, 2.24) is 29.1 Å².